The van der Waals surface area contributed by atoms with Gasteiger partial charge in [-0.1, -0.05) is 6.07 Å². The molecule has 2 aliphatic rings. The maximum atomic E-state index is 11.6. The molecule has 144 valence electrons. The van der Waals surface area contributed by atoms with Crippen molar-refractivity contribution < 1.29 is 24.4 Å². The van der Waals surface area contributed by atoms with Crippen LogP contribution in [0.15, 0.2) is 36.4 Å². The predicted octanol–water partition coefficient (Wildman–Crippen LogP) is 3.87. The first-order chi connectivity index (χ1) is 13.0. The molecule has 5 nitrogen and oxygen atoms in total. The standard InChI is InChI=1S/C22H27NO4/c1-26-18-6-7-19-17(13-18)9-10-23(25,14-15-3-4-15)20(19)11-16-5-8-22(27-2)21(24)12-16/h5-8,12-13,15,20,25H,3-4,9-11,14H2,1-2H3/p+1/t20-,23?/m0/s1. The molecule has 0 amide bonds. The number of ether oxygens (including phenoxy) is 2. The van der Waals surface area contributed by atoms with Crippen molar-refractivity contribution in [1.82, 2.24) is 0 Å². The minimum Gasteiger partial charge on any atom is -0.504 e. The summed E-state index contributed by atoms with van der Waals surface area (Å²) in [5.41, 5.74) is 3.42. The number of nitrogens with zero attached hydrogens (tertiary/aromatic N) is 1. The van der Waals surface area contributed by atoms with Gasteiger partial charge < -0.3 is 14.6 Å². The second-order valence-electron chi connectivity index (χ2n) is 7.88. The van der Waals surface area contributed by atoms with Crippen LogP contribution in [0.1, 0.15) is 35.6 Å². The van der Waals surface area contributed by atoms with E-state index in [0.29, 0.717) is 24.6 Å². The molecule has 2 aromatic carbocycles. The Kier molecular flexibility index (Phi) is 4.74. The van der Waals surface area contributed by atoms with Crippen LogP contribution in [-0.4, -0.2) is 42.3 Å². The second-order valence-corrected chi connectivity index (χ2v) is 7.88. The lowest BCUT2D eigenvalue weighted by atomic mass is 9.87. The van der Waals surface area contributed by atoms with Crippen LogP contribution >= 0.6 is 0 Å². The van der Waals surface area contributed by atoms with Gasteiger partial charge in [0.05, 0.1) is 14.2 Å². The van der Waals surface area contributed by atoms with Crippen molar-refractivity contribution in [2.75, 3.05) is 27.3 Å². The van der Waals surface area contributed by atoms with Gasteiger partial charge in [0.2, 0.25) is 0 Å². The Morgan fingerprint density at radius 3 is 2.56 bits per heavy atom. The summed E-state index contributed by atoms with van der Waals surface area (Å²) in [6.07, 6.45) is 3.94. The van der Waals surface area contributed by atoms with E-state index in [2.05, 4.69) is 12.1 Å². The van der Waals surface area contributed by atoms with Crippen molar-refractivity contribution in [3.05, 3.63) is 53.1 Å². The third-order valence-corrected chi connectivity index (χ3v) is 6.00. The van der Waals surface area contributed by atoms with Crippen LogP contribution < -0.4 is 9.47 Å². The minimum absolute atomic E-state index is 0.0481. The topological polar surface area (TPSA) is 58.9 Å². The maximum Gasteiger partial charge on any atom is 0.160 e. The molecule has 1 fully saturated rings. The molecule has 27 heavy (non-hydrogen) atoms. The highest BCUT2D eigenvalue weighted by atomic mass is 16.5. The smallest absolute Gasteiger partial charge is 0.160 e. The number of benzene rings is 2. The molecule has 1 saturated carbocycles. The zero-order chi connectivity index (χ0) is 19.0. The van der Waals surface area contributed by atoms with Gasteiger partial charge in [-0.05, 0) is 54.3 Å². The summed E-state index contributed by atoms with van der Waals surface area (Å²) in [4.78, 5) is 0. The number of phenols is 1. The second kappa shape index (κ2) is 7.06. The molecule has 5 heteroatoms. The van der Waals surface area contributed by atoms with Crippen molar-refractivity contribution in [2.45, 2.75) is 31.7 Å². The number of quaternary nitrogens is 1. The first kappa shape index (κ1) is 18.1. The van der Waals surface area contributed by atoms with Crippen molar-refractivity contribution in [3.63, 3.8) is 0 Å². The summed E-state index contributed by atoms with van der Waals surface area (Å²) in [6.45, 7) is 1.52. The van der Waals surface area contributed by atoms with Gasteiger partial charge >= 0.3 is 0 Å². The average Bonchev–Trinajstić information content (AvgIpc) is 3.47. The summed E-state index contributed by atoms with van der Waals surface area (Å²) in [7, 11) is 3.23. The third-order valence-electron chi connectivity index (χ3n) is 6.00. The van der Waals surface area contributed by atoms with Gasteiger partial charge in [-0.15, -0.1) is 0 Å². The molecule has 0 radical (unpaired) electrons. The molecular formula is C22H28NO4+. The normalized spacial score (nSPS) is 24.3. The van der Waals surface area contributed by atoms with E-state index in [-0.39, 0.29) is 16.4 Å². The van der Waals surface area contributed by atoms with Gasteiger partial charge in [0.1, 0.15) is 24.9 Å². The van der Waals surface area contributed by atoms with Crippen LogP contribution in [0, 0.1) is 5.92 Å². The number of phenolic OH excluding ortho intramolecular Hbond substituents is 1. The lowest BCUT2D eigenvalue weighted by Gasteiger charge is -2.42. The monoisotopic (exact) mass is 370 g/mol. The van der Waals surface area contributed by atoms with Crippen molar-refractivity contribution in [1.29, 1.82) is 0 Å². The zero-order valence-corrected chi connectivity index (χ0v) is 16.0. The molecule has 2 aromatic rings. The molecule has 1 heterocycles. The van der Waals surface area contributed by atoms with Gasteiger partial charge in [0, 0.05) is 24.3 Å². The number of fused-ring (bicyclic) bond motifs is 1. The van der Waals surface area contributed by atoms with E-state index in [0.717, 1.165) is 24.3 Å². The van der Waals surface area contributed by atoms with E-state index < -0.39 is 0 Å². The molecule has 0 saturated heterocycles. The molecule has 2 N–H and O–H groups in total. The number of aromatic hydroxyl groups is 1. The number of rotatable bonds is 6. The molecular weight excluding hydrogens is 342 g/mol. The molecule has 4 rings (SSSR count). The Morgan fingerprint density at radius 1 is 1.07 bits per heavy atom. The van der Waals surface area contributed by atoms with Crippen LogP contribution in [0.2, 0.25) is 0 Å². The number of hydrogen-bond acceptors (Lipinski definition) is 4. The first-order valence-electron chi connectivity index (χ1n) is 9.64. The van der Waals surface area contributed by atoms with Gasteiger partial charge in [-0.3, -0.25) is 0 Å². The highest BCUT2D eigenvalue weighted by Crippen LogP contribution is 2.43. The Morgan fingerprint density at radius 2 is 1.89 bits per heavy atom. The minimum atomic E-state index is -0.0481. The fourth-order valence-corrected chi connectivity index (χ4v) is 4.31. The Labute approximate surface area is 160 Å². The van der Waals surface area contributed by atoms with E-state index in [9.17, 15) is 10.3 Å². The highest BCUT2D eigenvalue weighted by Gasteiger charge is 2.45. The quantitative estimate of drug-likeness (QED) is 0.758. The molecule has 0 bridgehead atoms. The summed E-state index contributed by atoms with van der Waals surface area (Å²) in [6, 6.07) is 11.6. The van der Waals surface area contributed by atoms with E-state index in [4.69, 9.17) is 9.47 Å². The molecule has 0 aromatic heterocycles. The van der Waals surface area contributed by atoms with Gasteiger partial charge in [0.15, 0.2) is 11.5 Å². The Hall–Kier alpha value is -2.24. The molecule has 0 spiro atoms. The zero-order valence-electron chi connectivity index (χ0n) is 16.0. The maximum absolute atomic E-state index is 11.6. The molecule has 2 atom stereocenters. The summed E-state index contributed by atoms with van der Waals surface area (Å²) < 4.78 is 10.6. The number of hydroxylamine groups is 3. The molecule has 1 aliphatic carbocycles. The predicted molar refractivity (Wildman–Crippen MR) is 102 cm³/mol. The number of hydrogen-bond donors (Lipinski definition) is 2. The summed E-state index contributed by atoms with van der Waals surface area (Å²) >= 11 is 0. The van der Waals surface area contributed by atoms with Crippen LogP contribution in [0.5, 0.6) is 17.2 Å². The fraction of sp³-hybridized carbons (Fsp3) is 0.455. The fourth-order valence-electron chi connectivity index (χ4n) is 4.31. The van der Waals surface area contributed by atoms with Crippen LogP contribution in [-0.2, 0) is 12.8 Å². The van der Waals surface area contributed by atoms with E-state index >= 15 is 0 Å². The number of methoxy groups -OCH3 is 2. The molecule has 1 aliphatic heterocycles. The lowest BCUT2D eigenvalue weighted by molar-refractivity contribution is -1.13. The van der Waals surface area contributed by atoms with Crippen molar-refractivity contribution in [2.24, 2.45) is 5.92 Å². The lowest BCUT2D eigenvalue weighted by Crippen LogP contribution is -2.53. The summed E-state index contributed by atoms with van der Waals surface area (Å²) in [5, 5.41) is 21.7. The van der Waals surface area contributed by atoms with E-state index in [1.807, 2.05) is 12.1 Å². The van der Waals surface area contributed by atoms with Crippen LogP contribution in [0.25, 0.3) is 0 Å². The van der Waals surface area contributed by atoms with Gasteiger partial charge in [-0.25, -0.2) is 5.21 Å². The first-order valence-corrected chi connectivity index (χ1v) is 9.64. The largest absolute Gasteiger partial charge is 0.504 e. The highest BCUT2D eigenvalue weighted by molar-refractivity contribution is 5.43. The van der Waals surface area contributed by atoms with E-state index in [1.165, 1.54) is 24.0 Å². The van der Waals surface area contributed by atoms with Gasteiger partial charge in [-0.2, -0.15) is 4.65 Å². The average molecular weight is 370 g/mol. The van der Waals surface area contributed by atoms with Crippen molar-refractivity contribution >= 4 is 0 Å². The van der Waals surface area contributed by atoms with Gasteiger partial charge in [0.25, 0.3) is 0 Å². The van der Waals surface area contributed by atoms with Crippen LogP contribution in [0.3, 0.4) is 0 Å². The van der Waals surface area contributed by atoms with Crippen LogP contribution in [0.4, 0.5) is 0 Å². The molecule has 1 unspecified atom stereocenters. The Balaban J connectivity index is 1.69. The summed E-state index contributed by atoms with van der Waals surface area (Å²) in [5.74, 6) is 2.09. The third kappa shape index (κ3) is 3.62. The SMILES string of the molecule is COc1ccc2c(c1)CC[N+](O)(CC1CC1)[C@H]2Cc1ccc(OC)c(O)c1. The van der Waals surface area contributed by atoms with E-state index in [1.54, 1.807) is 26.4 Å². The van der Waals surface area contributed by atoms with Crippen molar-refractivity contribution in [3.8, 4) is 17.2 Å². The Bertz CT molecular complexity index is 833.